The Morgan fingerprint density at radius 1 is 1.21 bits per heavy atom. The van der Waals surface area contributed by atoms with Crippen molar-refractivity contribution in [1.82, 2.24) is 9.13 Å². The molecule has 7 heteroatoms. The van der Waals surface area contributed by atoms with Crippen LogP contribution in [0.3, 0.4) is 0 Å². The number of rotatable bonds is 4. The van der Waals surface area contributed by atoms with Gasteiger partial charge < -0.3 is 9.30 Å². The van der Waals surface area contributed by atoms with Gasteiger partial charge in [-0.05, 0) is 30.7 Å². The van der Waals surface area contributed by atoms with Gasteiger partial charge in [0.15, 0.2) is 0 Å². The summed E-state index contributed by atoms with van der Waals surface area (Å²) < 4.78 is 7.52. The molecule has 0 aliphatic carbocycles. The number of ether oxygens (including phenoxy) is 1. The molecule has 1 unspecified atom stereocenters. The van der Waals surface area contributed by atoms with Crippen molar-refractivity contribution in [3.8, 4) is 0 Å². The number of benzene rings is 1. The van der Waals surface area contributed by atoms with Crippen LogP contribution < -0.4 is 11.2 Å². The number of aryl methyl sites for hydroxylation is 1. The van der Waals surface area contributed by atoms with Crippen LogP contribution in [-0.2, 0) is 23.6 Å². The van der Waals surface area contributed by atoms with Crippen LogP contribution in [0, 0.1) is 0 Å². The SMILES string of the molecule is CC(OC(=O)/C=C/c1cn(C)c(=O)n(C)c1=O)c1ccc(Cl)cc1. The summed E-state index contributed by atoms with van der Waals surface area (Å²) in [5.74, 6) is -0.589. The third-order valence-electron chi connectivity index (χ3n) is 3.50. The topological polar surface area (TPSA) is 70.3 Å². The van der Waals surface area contributed by atoms with E-state index in [2.05, 4.69) is 0 Å². The molecule has 0 bridgehead atoms. The summed E-state index contributed by atoms with van der Waals surface area (Å²) in [6, 6.07) is 6.97. The van der Waals surface area contributed by atoms with Crippen LogP contribution >= 0.6 is 11.6 Å². The molecule has 2 aromatic rings. The fourth-order valence-corrected chi connectivity index (χ4v) is 2.25. The largest absolute Gasteiger partial charge is 0.455 e. The number of carbonyl (C=O) groups is 1. The van der Waals surface area contributed by atoms with Gasteiger partial charge in [0.05, 0.1) is 5.56 Å². The third kappa shape index (κ3) is 4.02. The first-order valence-corrected chi connectivity index (χ1v) is 7.58. The lowest BCUT2D eigenvalue weighted by Crippen LogP contribution is -2.37. The van der Waals surface area contributed by atoms with E-state index in [1.54, 1.807) is 31.2 Å². The van der Waals surface area contributed by atoms with Crippen LogP contribution in [0.4, 0.5) is 0 Å². The van der Waals surface area contributed by atoms with Crippen molar-refractivity contribution in [3.05, 3.63) is 73.5 Å². The highest BCUT2D eigenvalue weighted by Gasteiger charge is 2.10. The van der Waals surface area contributed by atoms with Gasteiger partial charge >= 0.3 is 11.7 Å². The molecule has 2 rings (SSSR count). The Kier molecular flexibility index (Phi) is 5.41. The van der Waals surface area contributed by atoms with Gasteiger partial charge in [-0.3, -0.25) is 9.36 Å². The van der Waals surface area contributed by atoms with Crippen LogP contribution in [-0.4, -0.2) is 15.1 Å². The van der Waals surface area contributed by atoms with Crippen LogP contribution in [0.1, 0.15) is 24.2 Å². The summed E-state index contributed by atoms with van der Waals surface area (Å²) in [7, 11) is 2.91. The summed E-state index contributed by atoms with van der Waals surface area (Å²) in [5, 5.41) is 0.600. The fraction of sp³-hybridized carbons (Fsp3) is 0.235. The quantitative estimate of drug-likeness (QED) is 0.626. The zero-order valence-electron chi connectivity index (χ0n) is 13.5. The van der Waals surface area contributed by atoms with Gasteiger partial charge in [-0.1, -0.05) is 23.7 Å². The Morgan fingerprint density at radius 2 is 1.83 bits per heavy atom. The number of halogens is 1. The van der Waals surface area contributed by atoms with Crippen molar-refractivity contribution in [2.45, 2.75) is 13.0 Å². The molecule has 0 amide bonds. The van der Waals surface area contributed by atoms with E-state index in [1.165, 1.54) is 30.9 Å². The van der Waals surface area contributed by atoms with Gasteiger partial charge in [0, 0.05) is 31.4 Å². The zero-order valence-corrected chi connectivity index (χ0v) is 14.3. The monoisotopic (exact) mass is 348 g/mol. The van der Waals surface area contributed by atoms with Crippen molar-refractivity contribution in [1.29, 1.82) is 0 Å². The molecule has 0 spiro atoms. The van der Waals surface area contributed by atoms with E-state index in [-0.39, 0.29) is 5.56 Å². The summed E-state index contributed by atoms with van der Waals surface area (Å²) in [5.41, 5.74) is 0.110. The van der Waals surface area contributed by atoms with E-state index in [4.69, 9.17) is 16.3 Å². The second kappa shape index (κ2) is 7.31. The number of esters is 1. The van der Waals surface area contributed by atoms with Gasteiger partial charge in [0.2, 0.25) is 0 Å². The molecule has 0 saturated heterocycles. The van der Waals surface area contributed by atoms with Crippen molar-refractivity contribution in [2.75, 3.05) is 0 Å². The normalized spacial score (nSPS) is 12.3. The molecule has 0 radical (unpaired) electrons. The molecule has 0 saturated carbocycles. The molecule has 6 nitrogen and oxygen atoms in total. The van der Waals surface area contributed by atoms with E-state index >= 15 is 0 Å². The van der Waals surface area contributed by atoms with Crippen LogP contribution in [0.5, 0.6) is 0 Å². The number of hydrogen-bond acceptors (Lipinski definition) is 4. The molecular formula is C17H17ClN2O4. The van der Waals surface area contributed by atoms with Gasteiger partial charge in [0.1, 0.15) is 6.10 Å². The zero-order chi connectivity index (χ0) is 17.9. The maximum Gasteiger partial charge on any atom is 0.331 e. The number of nitrogens with zero attached hydrogens (tertiary/aromatic N) is 2. The minimum atomic E-state index is -0.589. The molecular weight excluding hydrogens is 332 g/mol. The Morgan fingerprint density at radius 3 is 2.46 bits per heavy atom. The summed E-state index contributed by atoms with van der Waals surface area (Å²) in [6.45, 7) is 1.74. The number of aromatic nitrogens is 2. The standard InChI is InChI=1S/C17H17ClN2O4/c1-11(12-4-7-14(18)8-5-12)24-15(21)9-6-13-10-19(2)17(23)20(3)16(13)22/h4-11H,1-3H3/b9-6+. The molecule has 0 aliphatic rings. The molecule has 126 valence electrons. The second-order valence-electron chi connectivity index (χ2n) is 5.31. The Hall–Kier alpha value is -2.60. The van der Waals surface area contributed by atoms with Crippen LogP contribution in [0.15, 0.2) is 46.1 Å². The molecule has 1 aromatic heterocycles. The molecule has 1 heterocycles. The molecule has 0 N–H and O–H groups in total. The minimum Gasteiger partial charge on any atom is -0.455 e. The Bertz CT molecular complexity index is 894. The highest BCUT2D eigenvalue weighted by atomic mass is 35.5. The molecule has 1 atom stereocenters. The van der Waals surface area contributed by atoms with Crippen LogP contribution in [0.25, 0.3) is 6.08 Å². The van der Waals surface area contributed by atoms with Crippen molar-refractivity contribution >= 4 is 23.6 Å². The molecule has 0 fully saturated rings. The summed E-state index contributed by atoms with van der Waals surface area (Å²) >= 11 is 5.82. The highest BCUT2D eigenvalue weighted by Crippen LogP contribution is 2.19. The first kappa shape index (κ1) is 17.7. The Labute approximate surface area is 143 Å². The van der Waals surface area contributed by atoms with E-state index in [0.717, 1.165) is 16.2 Å². The number of hydrogen-bond donors (Lipinski definition) is 0. The molecule has 1 aromatic carbocycles. The lowest BCUT2D eigenvalue weighted by atomic mass is 10.1. The van der Waals surface area contributed by atoms with Crippen molar-refractivity contribution in [3.63, 3.8) is 0 Å². The lowest BCUT2D eigenvalue weighted by molar-refractivity contribution is -0.142. The summed E-state index contributed by atoms with van der Waals surface area (Å²) in [4.78, 5) is 35.5. The lowest BCUT2D eigenvalue weighted by Gasteiger charge is -2.12. The smallest absolute Gasteiger partial charge is 0.331 e. The van der Waals surface area contributed by atoms with Gasteiger partial charge in [-0.2, -0.15) is 0 Å². The summed E-state index contributed by atoms with van der Waals surface area (Å²) in [6.07, 6.45) is 3.41. The fourth-order valence-electron chi connectivity index (χ4n) is 2.12. The maximum atomic E-state index is 12.0. The predicted molar refractivity (Wildman–Crippen MR) is 91.9 cm³/mol. The van der Waals surface area contributed by atoms with Crippen molar-refractivity contribution < 1.29 is 9.53 Å². The average molecular weight is 349 g/mol. The second-order valence-corrected chi connectivity index (χ2v) is 5.74. The van der Waals surface area contributed by atoms with Crippen LogP contribution in [0.2, 0.25) is 5.02 Å². The first-order chi connectivity index (χ1) is 11.3. The molecule has 24 heavy (non-hydrogen) atoms. The van der Waals surface area contributed by atoms with E-state index < -0.39 is 23.3 Å². The average Bonchev–Trinajstić information content (AvgIpc) is 2.55. The van der Waals surface area contributed by atoms with E-state index in [9.17, 15) is 14.4 Å². The molecule has 0 aliphatic heterocycles. The maximum absolute atomic E-state index is 12.0. The van der Waals surface area contributed by atoms with Crippen molar-refractivity contribution in [2.24, 2.45) is 14.1 Å². The Balaban J connectivity index is 2.12. The predicted octanol–water partition coefficient (Wildman–Crippen LogP) is 2.05. The van der Waals surface area contributed by atoms with Gasteiger partial charge in [-0.25, -0.2) is 9.59 Å². The minimum absolute atomic E-state index is 0.218. The third-order valence-corrected chi connectivity index (χ3v) is 3.76. The number of carbonyl (C=O) groups excluding carboxylic acids is 1. The first-order valence-electron chi connectivity index (χ1n) is 7.20. The van der Waals surface area contributed by atoms with Gasteiger partial charge in [-0.15, -0.1) is 0 Å². The van der Waals surface area contributed by atoms with E-state index in [0.29, 0.717) is 5.02 Å². The van der Waals surface area contributed by atoms with E-state index in [1.807, 2.05) is 0 Å². The van der Waals surface area contributed by atoms with Gasteiger partial charge in [0.25, 0.3) is 5.56 Å². The highest BCUT2D eigenvalue weighted by molar-refractivity contribution is 6.30.